The van der Waals surface area contributed by atoms with Gasteiger partial charge in [0.1, 0.15) is 29.7 Å². The number of hydrogen-bond acceptors (Lipinski definition) is 7. The zero-order valence-corrected chi connectivity index (χ0v) is 16.6. The smallest absolute Gasteiger partial charge is 0.256 e. The van der Waals surface area contributed by atoms with E-state index in [0.29, 0.717) is 34.6 Å². The zero-order valence-electron chi connectivity index (χ0n) is 15.8. The Morgan fingerprint density at radius 2 is 2.14 bits per heavy atom. The molecule has 28 heavy (non-hydrogen) atoms. The first-order valence-electron chi connectivity index (χ1n) is 8.55. The molecule has 0 radical (unpaired) electrons. The van der Waals surface area contributed by atoms with E-state index in [2.05, 4.69) is 10.3 Å². The molecule has 3 rings (SSSR count). The van der Waals surface area contributed by atoms with E-state index in [9.17, 15) is 9.59 Å². The van der Waals surface area contributed by atoms with Crippen LogP contribution in [0.2, 0.25) is 0 Å². The molecule has 148 valence electrons. The minimum absolute atomic E-state index is 0.0153. The van der Waals surface area contributed by atoms with E-state index in [0.717, 1.165) is 9.88 Å². The number of hydrogen-bond donors (Lipinski definition) is 2. The normalized spacial score (nSPS) is 12.1. The van der Waals surface area contributed by atoms with Crippen molar-refractivity contribution in [2.45, 2.75) is 26.5 Å². The number of aryl methyl sites for hydroxylation is 2. The van der Waals surface area contributed by atoms with E-state index < -0.39 is 17.9 Å². The summed E-state index contributed by atoms with van der Waals surface area (Å²) in [6.45, 7) is 3.99. The number of rotatable bonds is 8. The highest BCUT2D eigenvalue weighted by Gasteiger charge is 2.24. The molecule has 8 nitrogen and oxygen atoms in total. The number of thiazole rings is 1. The van der Waals surface area contributed by atoms with E-state index in [1.165, 1.54) is 7.11 Å². The molecule has 1 unspecified atom stereocenters. The molecule has 0 aliphatic rings. The van der Waals surface area contributed by atoms with E-state index in [4.69, 9.17) is 19.6 Å². The number of aromatic nitrogens is 1. The number of benzene rings is 1. The van der Waals surface area contributed by atoms with Crippen LogP contribution >= 0.6 is 11.3 Å². The highest BCUT2D eigenvalue weighted by atomic mass is 32.1. The topological polar surface area (TPSA) is 117 Å². The first-order chi connectivity index (χ1) is 13.4. The Hall–Kier alpha value is -2.91. The summed E-state index contributed by atoms with van der Waals surface area (Å²) in [6, 6.07) is 4.32. The third-order valence-corrected chi connectivity index (χ3v) is 4.98. The molecule has 9 heteroatoms. The fourth-order valence-electron chi connectivity index (χ4n) is 2.79. The second kappa shape index (κ2) is 8.41. The van der Waals surface area contributed by atoms with Crippen LogP contribution in [0, 0.1) is 13.8 Å². The van der Waals surface area contributed by atoms with E-state index in [1.807, 2.05) is 6.92 Å². The van der Waals surface area contributed by atoms with Gasteiger partial charge in [-0.25, -0.2) is 4.98 Å². The molecular weight excluding hydrogens is 382 g/mol. The molecule has 2 heterocycles. The summed E-state index contributed by atoms with van der Waals surface area (Å²) in [5, 5.41) is 4.15. The highest BCUT2D eigenvalue weighted by molar-refractivity contribution is 7.11. The van der Waals surface area contributed by atoms with Gasteiger partial charge in [0, 0.05) is 18.7 Å². The lowest BCUT2D eigenvalue weighted by molar-refractivity contribution is -0.121. The predicted molar refractivity (Wildman–Crippen MR) is 104 cm³/mol. The van der Waals surface area contributed by atoms with Crippen LogP contribution in [-0.4, -0.2) is 36.6 Å². The first kappa shape index (κ1) is 19.8. The van der Waals surface area contributed by atoms with Gasteiger partial charge in [0.2, 0.25) is 5.91 Å². The number of carbonyl (C=O) groups excluding carboxylic acids is 2. The van der Waals surface area contributed by atoms with Crippen LogP contribution < -0.4 is 15.8 Å². The van der Waals surface area contributed by atoms with Gasteiger partial charge in [-0.05, 0) is 32.0 Å². The molecule has 0 saturated heterocycles. The minimum Gasteiger partial charge on any atom is -0.488 e. The standard InChI is InChI=1S/C19H21N3O5S/c1-10-17(19(24)22-15(9-25-3)18(20)23)14-6-12(4-5-16(14)27-10)26-8-13-7-21-11(2)28-13/h4-7,15H,8-9H2,1-3H3,(H2,20,23)(H,22,24). The Kier molecular flexibility index (Phi) is 5.96. The number of methoxy groups -OCH3 is 1. The summed E-state index contributed by atoms with van der Waals surface area (Å²) >= 11 is 1.56. The van der Waals surface area contributed by atoms with Crippen molar-refractivity contribution >= 4 is 34.1 Å². The summed E-state index contributed by atoms with van der Waals surface area (Å²) < 4.78 is 16.4. The van der Waals surface area contributed by atoms with Gasteiger partial charge in [-0.15, -0.1) is 11.3 Å². The Labute approximate surface area is 165 Å². The van der Waals surface area contributed by atoms with Gasteiger partial charge in [-0.1, -0.05) is 0 Å². The Morgan fingerprint density at radius 3 is 2.79 bits per heavy atom. The SMILES string of the molecule is COCC(NC(=O)c1c(C)oc2ccc(OCc3cnc(C)s3)cc12)C(N)=O. The maximum Gasteiger partial charge on any atom is 0.256 e. The van der Waals surface area contributed by atoms with Gasteiger partial charge in [0.25, 0.3) is 5.91 Å². The number of amides is 2. The average Bonchev–Trinajstić information content (AvgIpc) is 3.21. The van der Waals surface area contributed by atoms with Gasteiger partial charge < -0.3 is 24.9 Å². The van der Waals surface area contributed by atoms with Crippen molar-refractivity contribution in [2.75, 3.05) is 13.7 Å². The van der Waals surface area contributed by atoms with E-state index in [-0.39, 0.29) is 6.61 Å². The predicted octanol–water partition coefficient (Wildman–Crippen LogP) is 2.32. The van der Waals surface area contributed by atoms with Crippen LogP contribution in [-0.2, 0) is 16.1 Å². The molecule has 2 aromatic heterocycles. The number of primary amides is 1. The Bertz CT molecular complexity index is 1010. The molecule has 0 aliphatic carbocycles. The second-order valence-corrected chi connectivity index (χ2v) is 7.53. The molecule has 0 bridgehead atoms. The summed E-state index contributed by atoms with van der Waals surface area (Å²) in [6.07, 6.45) is 1.78. The summed E-state index contributed by atoms with van der Waals surface area (Å²) in [7, 11) is 1.43. The lowest BCUT2D eigenvalue weighted by Gasteiger charge is -2.14. The van der Waals surface area contributed by atoms with Crippen molar-refractivity contribution < 1.29 is 23.5 Å². The van der Waals surface area contributed by atoms with Gasteiger partial charge in [0.15, 0.2) is 0 Å². The number of carbonyl (C=O) groups is 2. The number of nitrogens with two attached hydrogens (primary N) is 1. The summed E-state index contributed by atoms with van der Waals surface area (Å²) in [4.78, 5) is 29.4. The van der Waals surface area contributed by atoms with Crippen LogP contribution in [0.4, 0.5) is 0 Å². The van der Waals surface area contributed by atoms with Crippen LogP contribution in [0.3, 0.4) is 0 Å². The Balaban J connectivity index is 1.84. The quantitative estimate of drug-likeness (QED) is 0.596. The van der Waals surface area contributed by atoms with Crippen LogP contribution in [0.15, 0.2) is 28.8 Å². The van der Waals surface area contributed by atoms with Crippen molar-refractivity contribution in [2.24, 2.45) is 5.73 Å². The minimum atomic E-state index is -0.934. The highest BCUT2D eigenvalue weighted by Crippen LogP contribution is 2.29. The van der Waals surface area contributed by atoms with Crippen molar-refractivity contribution in [3.8, 4) is 5.75 Å². The van der Waals surface area contributed by atoms with Gasteiger partial charge >= 0.3 is 0 Å². The lowest BCUT2D eigenvalue weighted by Crippen LogP contribution is -2.47. The molecule has 0 aliphatic heterocycles. The third kappa shape index (κ3) is 4.32. The number of nitrogens with zero attached hydrogens (tertiary/aromatic N) is 1. The maximum atomic E-state index is 12.7. The molecule has 3 aromatic rings. The lowest BCUT2D eigenvalue weighted by atomic mass is 10.1. The van der Waals surface area contributed by atoms with Crippen LogP contribution in [0.1, 0.15) is 26.0 Å². The molecule has 0 spiro atoms. The van der Waals surface area contributed by atoms with Gasteiger partial charge in [0.05, 0.1) is 22.1 Å². The summed E-state index contributed by atoms with van der Waals surface area (Å²) in [5.74, 6) is -0.114. The fraction of sp³-hybridized carbons (Fsp3) is 0.316. The third-order valence-electron chi connectivity index (χ3n) is 4.09. The number of fused-ring (bicyclic) bond motifs is 1. The summed E-state index contributed by atoms with van der Waals surface area (Å²) in [5.41, 5.74) is 6.19. The molecule has 1 aromatic carbocycles. The van der Waals surface area contributed by atoms with Gasteiger partial charge in [-0.2, -0.15) is 0 Å². The molecule has 0 saturated carbocycles. The van der Waals surface area contributed by atoms with Crippen molar-refractivity contribution in [3.63, 3.8) is 0 Å². The monoisotopic (exact) mass is 403 g/mol. The van der Waals surface area contributed by atoms with Gasteiger partial charge in [-0.3, -0.25) is 9.59 Å². The maximum absolute atomic E-state index is 12.7. The molecule has 1 atom stereocenters. The molecule has 2 amide bonds. The molecular formula is C19H21N3O5S. The van der Waals surface area contributed by atoms with Crippen LogP contribution in [0.5, 0.6) is 5.75 Å². The number of furan rings is 1. The second-order valence-electron chi connectivity index (χ2n) is 6.21. The first-order valence-corrected chi connectivity index (χ1v) is 9.37. The molecule has 0 fully saturated rings. The van der Waals surface area contributed by atoms with Crippen molar-refractivity contribution in [3.05, 3.63) is 45.6 Å². The Morgan fingerprint density at radius 1 is 1.36 bits per heavy atom. The molecule has 3 N–H and O–H groups in total. The average molecular weight is 403 g/mol. The number of ether oxygens (including phenoxy) is 2. The van der Waals surface area contributed by atoms with Crippen molar-refractivity contribution in [1.29, 1.82) is 0 Å². The van der Waals surface area contributed by atoms with Crippen LogP contribution in [0.25, 0.3) is 11.0 Å². The zero-order chi connectivity index (χ0) is 20.3. The van der Waals surface area contributed by atoms with E-state index in [1.54, 1.807) is 42.7 Å². The largest absolute Gasteiger partial charge is 0.488 e. The van der Waals surface area contributed by atoms with E-state index >= 15 is 0 Å². The number of nitrogens with one attached hydrogen (secondary N) is 1. The fourth-order valence-corrected chi connectivity index (χ4v) is 3.50. The van der Waals surface area contributed by atoms with Crippen molar-refractivity contribution in [1.82, 2.24) is 10.3 Å².